The third-order valence-electron chi connectivity index (χ3n) is 5.45. The number of carbonyl (C=O) groups is 1. The Morgan fingerprint density at radius 2 is 1.79 bits per heavy atom. The summed E-state index contributed by atoms with van der Waals surface area (Å²) in [5.41, 5.74) is 0.502. The topological polar surface area (TPSA) is 99.9 Å². The average Bonchev–Trinajstić information content (AvgIpc) is 3.43. The molecule has 1 amide bonds. The molecule has 34 heavy (non-hydrogen) atoms. The monoisotopic (exact) mass is 478 g/mol. The van der Waals surface area contributed by atoms with Crippen molar-refractivity contribution in [2.24, 2.45) is 0 Å². The molecule has 4 aromatic rings. The molecule has 0 aliphatic carbocycles. The maximum absolute atomic E-state index is 14.6. The summed E-state index contributed by atoms with van der Waals surface area (Å²) in [5.74, 6) is -7.22. The van der Waals surface area contributed by atoms with Crippen molar-refractivity contribution >= 4 is 28.3 Å². The summed E-state index contributed by atoms with van der Waals surface area (Å²) in [6, 6.07) is 2.93. The van der Waals surface area contributed by atoms with Crippen molar-refractivity contribution in [1.82, 2.24) is 20.2 Å². The van der Waals surface area contributed by atoms with Crippen LogP contribution < -0.4 is 10.2 Å². The molecule has 0 saturated carbocycles. The molecule has 4 heterocycles. The number of halogens is 5. The molecule has 5 rings (SSSR count). The van der Waals surface area contributed by atoms with Crippen molar-refractivity contribution in [2.45, 2.75) is 18.8 Å². The Labute approximate surface area is 187 Å². The van der Waals surface area contributed by atoms with E-state index in [4.69, 9.17) is 4.42 Å². The Hall–Kier alpha value is -4.03. The van der Waals surface area contributed by atoms with Gasteiger partial charge in [0.2, 0.25) is 5.89 Å². The number of pyridine rings is 1. The SMILES string of the molecule is O=C(Nc1c[nH]c2cc(F)c(F)cc12)c1nnc(-c2cnc(N3CCC(F)(F)CC3)c(F)c2)o1. The number of hydrogen-bond acceptors (Lipinski definition) is 6. The largest absolute Gasteiger partial charge is 0.412 e. The van der Waals surface area contributed by atoms with Crippen LogP contribution in [0.25, 0.3) is 22.4 Å². The van der Waals surface area contributed by atoms with Crippen LogP contribution in [0.2, 0.25) is 0 Å². The fourth-order valence-corrected chi connectivity index (χ4v) is 3.65. The van der Waals surface area contributed by atoms with Gasteiger partial charge in [-0.2, -0.15) is 0 Å². The third-order valence-corrected chi connectivity index (χ3v) is 5.45. The molecule has 0 atom stereocenters. The van der Waals surface area contributed by atoms with Crippen LogP contribution in [0.5, 0.6) is 0 Å². The number of aromatic nitrogens is 4. The zero-order valence-electron chi connectivity index (χ0n) is 17.2. The van der Waals surface area contributed by atoms with Gasteiger partial charge < -0.3 is 19.6 Å². The number of rotatable bonds is 4. The van der Waals surface area contributed by atoms with E-state index in [1.807, 2.05) is 0 Å². The second kappa shape index (κ2) is 8.08. The van der Waals surface area contributed by atoms with Gasteiger partial charge in [-0.3, -0.25) is 4.79 Å². The Kier molecular flexibility index (Phi) is 5.18. The van der Waals surface area contributed by atoms with Crippen molar-refractivity contribution in [1.29, 1.82) is 0 Å². The molecule has 1 aromatic carbocycles. The summed E-state index contributed by atoms with van der Waals surface area (Å²) in [6.07, 6.45) is 1.79. The highest BCUT2D eigenvalue weighted by Gasteiger charge is 2.35. The quantitative estimate of drug-likeness (QED) is 0.419. The van der Waals surface area contributed by atoms with Crippen molar-refractivity contribution in [3.63, 3.8) is 0 Å². The first kappa shape index (κ1) is 21.8. The Morgan fingerprint density at radius 1 is 1.06 bits per heavy atom. The molecular formula is C21H15F5N6O2. The molecule has 0 radical (unpaired) electrons. The lowest BCUT2D eigenvalue weighted by Gasteiger charge is -2.32. The zero-order valence-corrected chi connectivity index (χ0v) is 17.2. The van der Waals surface area contributed by atoms with Crippen LogP contribution in [0.3, 0.4) is 0 Å². The maximum Gasteiger partial charge on any atom is 0.313 e. The number of benzene rings is 1. The molecule has 3 aromatic heterocycles. The number of nitrogens with zero attached hydrogens (tertiary/aromatic N) is 4. The second-order valence-corrected chi connectivity index (χ2v) is 7.75. The summed E-state index contributed by atoms with van der Waals surface area (Å²) in [5, 5.41) is 10.0. The van der Waals surface area contributed by atoms with Gasteiger partial charge in [0.15, 0.2) is 23.3 Å². The molecule has 1 aliphatic rings. The molecule has 0 unspecified atom stereocenters. The van der Waals surface area contributed by atoms with Gasteiger partial charge in [-0.1, -0.05) is 0 Å². The number of alkyl halides is 2. The smallest absolute Gasteiger partial charge is 0.313 e. The number of anilines is 2. The van der Waals surface area contributed by atoms with E-state index in [-0.39, 0.29) is 47.0 Å². The van der Waals surface area contributed by atoms with Gasteiger partial charge >= 0.3 is 11.8 Å². The highest BCUT2D eigenvalue weighted by Crippen LogP contribution is 2.32. The minimum absolute atomic E-state index is 0.0362. The van der Waals surface area contributed by atoms with Crippen molar-refractivity contribution in [2.75, 3.05) is 23.3 Å². The van der Waals surface area contributed by atoms with Crippen molar-refractivity contribution in [3.05, 3.63) is 53.9 Å². The number of nitrogens with one attached hydrogen (secondary N) is 2. The highest BCUT2D eigenvalue weighted by molar-refractivity contribution is 6.06. The minimum Gasteiger partial charge on any atom is -0.412 e. The van der Waals surface area contributed by atoms with Gasteiger partial charge in [0.25, 0.3) is 5.92 Å². The van der Waals surface area contributed by atoms with E-state index in [1.54, 1.807) is 0 Å². The molecule has 1 saturated heterocycles. The van der Waals surface area contributed by atoms with Gasteiger partial charge in [0, 0.05) is 49.8 Å². The molecular weight excluding hydrogens is 463 g/mol. The lowest BCUT2D eigenvalue weighted by atomic mass is 10.1. The normalized spacial score (nSPS) is 15.6. The van der Waals surface area contributed by atoms with E-state index in [1.165, 1.54) is 17.3 Å². The molecule has 0 bridgehead atoms. The van der Waals surface area contributed by atoms with Crippen LogP contribution in [0, 0.1) is 17.5 Å². The first-order valence-corrected chi connectivity index (χ1v) is 10.1. The van der Waals surface area contributed by atoms with Crippen LogP contribution >= 0.6 is 0 Å². The van der Waals surface area contributed by atoms with Crippen molar-refractivity contribution in [3.8, 4) is 11.5 Å². The van der Waals surface area contributed by atoms with Crippen LogP contribution in [-0.4, -0.2) is 45.1 Å². The number of amides is 1. The zero-order chi connectivity index (χ0) is 24.0. The van der Waals surface area contributed by atoms with E-state index in [2.05, 4.69) is 25.5 Å². The van der Waals surface area contributed by atoms with E-state index in [0.29, 0.717) is 0 Å². The van der Waals surface area contributed by atoms with Gasteiger partial charge in [0.05, 0.1) is 16.8 Å². The first-order chi connectivity index (χ1) is 16.2. The average molecular weight is 478 g/mol. The van der Waals surface area contributed by atoms with Crippen LogP contribution in [0.1, 0.15) is 23.5 Å². The van der Waals surface area contributed by atoms with Crippen LogP contribution in [-0.2, 0) is 0 Å². The van der Waals surface area contributed by atoms with E-state index in [9.17, 15) is 26.7 Å². The van der Waals surface area contributed by atoms with Gasteiger partial charge in [0.1, 0.15) is 0 Å². The Bertz CT molecular complexity index is 1390. The predicted octanol–water partition coefficient (Wildman–Crippen LogP) is 4.52. The predicted molar refractivity (Wildman–Crippen MR) is 110 cm³/mol. The third kappa shape index (κ3) is 4.04. The summed E-state index contributed by atoms with van der Waals surface area (Å²) >= 11 is 0. The number of fused-ring (bicyclic) bond motifs is 1. The van der Waals surface area contributed by atoms with E-state index < -0.39 is 48.0 Å². The lowest BCUT2D eigenvalue weighted by Crippen LogP contribution is -2.40. The van der Waals surface area contributed by atoms with E-state index in [0.717, 1.165) is 18.2 Å². The number of piperidine rings is 1. The standard InChI is InChI=1S/C21H15F5N6O2/c22-12-6-11-15(7-13(12)23)27-9-16(11)29-18(33)20-31-30-19(34-20)10-5-14(24)17(28-8-10)32-3-1-21(25,26)2-4-32/h5-9,27H,1-4H2,(H,29,33). The number of aromatic amines is 1. The molecule has 13 heteroatoms. The number of carbonyl (C=O) groups excluding carboxylic acids is 1. The van der Waals surface area contributed by atoms with Crippen LogP contribution in [0.15, 0.2) is 35.0 Å². The van der Waals surface area contributed by atoms with Gasteiger partial charge in [-0.15, -0.1) is 10.2 Å². The van der Waals surface area contributed by atoms with Crippen molar-refractivity contribution < 1.29 is 31.2 Å². The van der Waals surface area contributed by atoms with E-state index >= 15 is 0 Å². The summed E-state index contributed by atoms with van der Waals surface area (Å²) in [4.78, 5) is 20.6. The lowest BCUT2D eigenvalue weighted by molar-refractivity contribution is -0.0222. The molecule has 8 nitrogen and oxygen atoms in total. The van der Waals surface area contributed by atoms with Crippen LogP contribution in [0.4, 0.5) is 33.5 Å². The Balaban J connectivity index is 1.32. The fourth-order valence-electron chi connectivity index (χ4n) is 3.65. The fraction of sp³-hybridized carbons (Fsp3) is 0.238. The minimum atomic E-state index is -2.77. The first-order valence-electron chi connectivity index (χ1n) is 10.1. The highest BCUT2D eigenvalue weighted by atomic mass is 19.3. The molecule has 1 aliphatic heterocycles. The molecule has 1 fully saturated rings. The summed E-state index contributed by atoms with van der Waals surface area (Å²) in [6.45, 7) is -0.0724. The molecule has 176 valence electrons. The summed E-state index contributed by atoms with van der Waals surface area (Å²) in [7, 11) is 0. The maximum atomic E-state index is 14.6. The molecule has 2 N–H and O–H groups in total. The number of hydrogen-bond donors (Lipinski definition) is 2. The summed E-state index contributed by atoms with van der Waals surface area (Å²) < 4.78 is 73.5. The Morgan fingerprint density at radius 3 is 2.53 bits per heavy atom. The van der Waals surface area contributed by atoms with Gasteiger partial charge in [-0.05, 0) is 12.1 Å². The van der Waals surface area contributed by atoms with Gasteiger partial charge in [-0.25, -0.2) is 26.9 Å². The number of H-pyrrole nitrogens is 1. The molecule has 0 spiro atoms. The second-order valence-electron chi connectivity index (χ2n) is 7.75.